The van der Waals surface area contributed by atoms with Gasteiger partial charge in [0.15, 0.2) is 0 Å². The standard InChI is InChI=1S/C8H11ClN2O2/c1-12-8(3-2-4-8)7-10-6(5-9)13-11-7/h2-5H2,1H3. The average Bonchev–Trinajstić information content (AvgIpc) is 2.52. The third-order valence-electron chi connectivity index (χ3n) is 2.54. The van der Waals surface area contributed by atoms with Crippen LogP contribution in [0.15, 0.2) is 4.52 Å². The summed E-state index contributed by atoms with van der Waals surface area (Å²) in [5.41, 5.74) is -0.298. The first-order valence-electron chi connectivity index (χ1n) is 4.25. The summed E-state index contributed by atoms with van der Waals surface area (Å²) in [5.74, 6) is 1.35. The molecule has 1 aromatic heterocycles. The number of rotatable bonds is 3. The molecule has 1 aliphatic carbocycles. The van der Waals surface area contributed by atoms with Crippen LogP contribution in [0.5, 0.6) is 0 Å². The van der Waals surface area contributed by atoms with Crippen molar-refractivity contribution >= 4 is 11.6 Å². The van der Waals surface area contributed by atoms with Gasteiger partial charge in [-0.15, -0.1) is 11.6 Å². The summed E-state index contributed by atoms with van der Waals surface area (Å²) in [6.07, 6.45) is 3.08. The molecule has 0 atom stereocenters. The van der Waals surface area contributed by atoms with Gasteiger partial charge in [0.1, 0.15) is 11.5 Å². The molecule has 1 saturated carbocycles. The minimum absolute atomic E-state index is 0.257. The second-order valence-corrected chi connectivity index (χ2v) is 3.46. The molecule has 72 valence electrons. The lowest BCUT2D eigenvalue weighted by Crippen LogP contribution is -2.37. The maximum Gasteiger partial charge on any atom is 0.241 e. The van der Waals surface area contributed by atoms with Crippen LogP contribution in [0.1, 0.15) is 31.0 Å². The van der Waals surface area contributed by atoms with E-state index in [-0.39, 0.29) is 11.5 Å². The Morgan fingerprint density at radius 3 is 2.77 bits per heavy atom. The number of ether oxygens (including phenoxy) is 1. The van der Waals surface area contributed by atoms with Gasteiger partial charge in [0, 0.05) is 7.11 Å². The highest BCUT2D eigenvalue weighted by molar-refractivity contribution is 6.16. The molecule has 0 aromatic carbocycles. The first-order chi connectivity index (χ1) is 6.30. The van der Waals surface area contributed by atoms with Crippen molar-refractivity contribution in [3.8, 4) is 0 Å². The van der Waals surface area contributed by atoms with E-state index < -0.39 is 0 Å². The van der Waals surface area contributed by atoms with E-state index in [2.05, 4.69) is 10.1 Å². The van der Waals surface area contributed by atoms with Gasteiger partial charge in [-0.3, -0.25) is 0 Å². The van der Waals surface area contributed by atoms with Crippen LogP contribution in [-0.2, 0) is 16.2 Å². The molecule has 1 fully saturated rings. The number of hydrogen-bond donors (Lipinski definition) is 0. The van der Waals surface area contributed by atoms with E-state index in [1.54, 1.807) is 7.11 Å². The average molecular weight is 203 g/mol. The number of halogens is 1. The van der Waals surface area contributed by atoms with Gasteiger partial charge < -0.3 is 9.26 Å². The molecule has 1 aromatic rings. The van der Waals surface area contributed by atoms with Crippen LogP contribution in [-0.4, -0.2) is 17.3 Å². The van der Waals surface area contributed by atoms with E-state index in [4.69, 9.17) is 20.9 Å². The summed E-state index contributed by atoms with van der Waals surface area (Å²) >= 11 is 5.56. The number of alkyl halides is 1. The van der Waals surface area contributed by atoms with Gasteiger partial charge in [-0.25, -0.2) is 0 Å². The fourth-order valence-electron chi connectivity index (χ4n) is 1.51. The first kappa shape index (κ1) is 8.97. The number of methoxy groups -OCH3 is 1. The number of aromatic nitrogens is 2. The Labute approximate surface area is 81.2 Å². The highest BCUT2D eigenvalue weighted by Crippen LogP contribution is 2.42. The van der Waals surface area contributed by atoms with Crippen molar-refractivity contribution in [1.29, 1.82) is 0 Å². The monoisotopic (exact) mass is 202 g/mol. The van der Waals surface area contributed by atoms with Crippen molar-refractivity contribution < 1.29 is 9.26 Å². The van der Waals surface area contributed by atoms with Crippen molar-refractivity contribution in [1.82, 2.24) is 10.1 Å². The largest absolute Gasteiger partial charge is 0.370 e. The molecule has 0 bridgehead atoms. The Hall–Kier alpha value is -0.610. The molecule has 0 aliphatic heterocycles. The van der Waals surface area contributed by atoms with Crippen LogP contribution >= 0.6 is 11.6 Å². The molecule has 4 nitrogen and oxygen atoms in total. The predicted octanol–water partition coefficient (Wildman–Crippen LogP) is 1.83. The van der Waals surface area contributed by atoms with Crippen LogP contribution < -0.4 is 0 Å². The van der Waals surface area contributed by atoms with E-state index in [1.807, 2.05) is 0 Å². The predicted molar refractivity (Wildman–Crippen MR) is 46.4 cm³/mol. The van der Waals surface area contributed by atoms with E-state index in [0.717, 1.165) is 19.3 Å². The Balaban J connectivity index is 2.23. The molecule has 0 unspecified atom stereocenters. The molecule has 5 heteroatoms. The van der Waals surface area contributed by atoms with Crippen molar-refractivity contribution in [3.05, 3.63) is 11.7 Å². The van der Waals surface area contributed by atoms with Crippen LogP contribution in [0.4, 0.5) is 0 Å². The Morgan fingerprint density at radius 2 is 2.38 bits per heavy atom. The van der Waals surface area contributed by atoms with Gasteiger partial charge in [-0.05, 0) is 19.3 Å². The van der Waals surface area contributed by atoms with E-state index in [0.29, 0.717) is 11.7 Å². The minimum atomic E-state index is -0.298. The molecule has 0 amide bonds. The van der Waals surface area contributed by atoms with Crippen LogP contribution in [0.25, 0.3) is 0 Å². The number of nitrogens with zero attached hydrogens (tertiary/aromatic N) is 2. The van der Waals surface area contributed by atoms with Gasteiger partial charge in [0.2, 0.25) is 11.7 Å². The fourth-order valence-corrected chi connectivity index (χ4v) is 1.62. The zero-order valence-electron chi connectivity index (χ0n) is 7.42. The van der Waals surface area contributed by atoms with Crippen LogP contribution in [0.2, 0.25) is 0 Å². The molecule has 0 spiro atoms. The van der Waals surface area contributed by atoms with Crippen molar-refractivity contribution in [2.24, 2.45) is 0 Å². The zero-order valence-corrected chi connectivity index (χ0v) is 8.17. The summed E-state index contributed by atoms with van der Waals surface area (Å²) in [6, 6.07) is 0. The maximum atomic E-state index is 5.56. The third kappa shape index (κ3) is 1.34. The second-order valence-electron chi connectivity index (χ2n) is 3.20. The van der Waals surface area contributed by atoms with Crippen LogP contribution in [0, 0.1) is 0 Å². The highest BCUT2D eigenvalue weighted by atomic mass is 35.5. The van der Waals surface area contributed by atoms with Crippen LogP contribution in [0.3, 0.4) is 0 Å². The molecule has 13 heavy (non-hydrogen) atoms. The molecule has 0 radical (unpaired) electrons. The number of hydrogen-bond acceptors (Lipinski definition) is 4. The van der Waals surface area contributed by atoms with E-state index in [1.165, 1.54) is 0 Å². The molecule has 1 heterocycles. The first-order valence-corrected chi connectivity index (χ1v) is 4.78. The third-order valence-corrected chi connectivity index (χ3v) is 2.77. The smallest absolute Gasteiger partial charge is 0.241 e. The molecule has 1 aliphatic rings. The molecule has 2 rings (SSSR count). The Kier molecular flexibility index (Phi) is 2.26. The van der Waals surface area contributed by atoms with Gasteiger partial charge >= 0.3 is 0 Å². The zero-order chi connectivity index (χ0) is 9.31. The fraction of sp³-hybridized carbons (Fsp3) is 0.750. The lowest BCUT2D eigenvalue weighted by Gasteiger charge is -2.37. The Morgan fingerprint density at radius 1 is 1.62 bits per heavy atom. The SMILES string of the molecule is COC1(c2noc(CCl)n2)CCC1. The van der Waals surface area contributed by atoms with Gasteiger partial charge in [-0.2, -0.15) is 4.98 Å². The summed E-state index contributed by atoms with van der Waals surface area (Å²) < 4.78 is 10.3. The van der Waals surface area contributed by atoms with Gasteiger partial charge in [0.25, 0.3) is 0 Å². The lowest BCUT2D eigenvalue weighted by atomic mass is 9.79. The molecular formula is C8H11ClN2O2. The second kappa shape index (κ2) is 3.27. The molecule has 0 N–H and O–H groups in total. The topological polar surface area (TPSA) is 48.2 Å². The minimum Gasteiger partial charge on any atom is -0.370 e. The normalized spacial score (nSPS) is 19.8. The van der Waals surface area contributed by atoms with Crippen molar-refractivity contribution in [3.63, 3.8) is 0 Å². The summed E-state index contributed by atoms with van der Waals surface area (Å²) in [5, 5.41) is 3.86. The summed E-state index contributed by atoms with van der Waals surface area (Å²) in [6.45, 7) is 0. The van der Waals surface area contributed by atoms with E-state index >= 15 is 0 Å². The summed E-state index contributed by atoms with van der Waals surface area (Å²) in [4.78, 5) is 4.16. The van der Waals surface area contributed by atoms with Crippen molar-refractivity contribution in [2.75, 3.05) is 7.11 Å². The van der Waals surface area contributed by atoms with Gasteiger partial charge in [-0.1, -0.05) is 5.16 Å². The molecular weight excluding hydrogens is 192 g/mol. The maximum absolute atomic E-state index is 5.56. The highest BCUT2D eigenvalue weighted by Gasteiger charge is 2.43. The summed E-state index contributed by atoms with van der Waals surface area (Å²) in [7, 11) is 1.68. The van der Waals surface area contributed by atoms with Crippen molar-refractivity contribution in [2.45, 2.75) is 30.7 Å². The quantitative estimate of drug-likeness (QED) is 0.702. The molecule has 0 saturated heterocycles. The lowest BCUT2D eigenvalue weighted by molar-refractivity contribution is -0.0858. The Bertz CT molecular complexity index is 291. The van der Waals surface area contributed by atoms with E-state index in [9.17, 15) is 0 Å². The van der Waals surface area contributed by atoms with Gasteiger partial charge in [0.05, 0.1) is 0 Å².